The number of allylic oxidation sites excluding steroid dienone is 1. The molecule has 0 spiro atoms. The Morgan fingerprint density at radius 1 is 1.37 bits per heavy atom. The van der Waals surface area contributed by atoms with Crippen molar-refractivity contribution in [2.45, 2.75) is 64.1 Å². The third-order valence-corrected chi connectivity index (χ3v) is 7.83. The Bertz CT molecular complexity index is 1280. The molecule has 1 aliphatic rings. The van der Waals surface area contributed by atoms with Crippen molar-refractivity contribution in [3.63, 3.8) is 0 Å². The Balaban J connectivity index is 1.42. The Labute approximate surface area is 213 Å². The van der Waals surface area contributed by atoms with Crippen LogP contribution in [0.1, 0.15) is 43.2 Å². The Morgan fingerprint density at radius 2 is 2.14 bits per heavy atom. The van der Waals surface area contributed by atoms with Gasteiger partial charge in [-0.3, -0.25) is 14.2 Å². The number of amides is 1. The minimum Gasteiger partial charge on any atom is -0.494 e. The molecule has 1 amide bonds. The second-order valence-corrected chi connectivity index (χ2v) is 11.1. The number of thiophene rings is 1. The van der Waals surface area contributed by atoms with E-state index in [0.717, 1.165) is 26.6 Å². The van der Waals surface area contributed by atoms with E-state index >= 15 is 0 Å². The third-order valence-electron chi connectivity index (χ3n) is 5.75. The van der Waals surface area contributed by atoms with Crippen LogP contribution in [0.2, 0.25) is 0 Å². The maximum absolute atomic E-state index is 13.4. The fraction of sp³-hybridized carbons (Fsp3) is 0.423. The molecule has 0 radical (unpaired) electrons. The quantitative estimate of drug-likeness (QED) is 0.241. The van der Waals surface area contributed by atoms with Crippen molar-refractivity contribution < 1.29 is 14.3 Å². The predicted octanol–water partition coefficient (Wildman–Crippen LogP) is 4.69. The van der Waals surface area contributed by atoms with E-state index < -0.39 is 0 Å². The molecule has 1 N–H and O–H groups in total. The van der Waals surface area contributed by atoms with Crippen LogP contribution < -0.4 is 15.6 Å². The smallest absolute Gasteiger partial charge is 0.263 e. The van der Waals surface area contributed by atoms with Gasteiger partial charge >= 0.3 is 0 Å². The standard InChI is InChI=1S/C26H31N3O4S2/c1-5-12-29-24(31)22-19-14-26(3,4)33-16-20(19)35-23(22)28-25(29)34-13-11-21(30)27-15-17-7-9-18(10-8-17)32-6-2/h5,7-10H,1,6,11-16H2,2-4H3,(H,27,30). The first-order valence-corrected chi connectivity index (χ1v) is 13.5. The summed E-state index contributed by atoms with van der Waals surface area (Å²) in [5, 5.41) is 4.25. The van der Waals surface area contributed by atoms with Crippen molar-refractivity contribution in [2.24, 2.45) is 0 Å². The van der Waals surface area contributed by atoms with Crippen LogP contribution in [0.15, 0.2) is 46.9 Å². The molecule has 3 aromatic rings. The number of benzene rings is 1. The van der Waals surface area contributed by atoms with E-state index in [4.69, 9.17) is 14.5 Å². The van der Waals surface area contributed by atoms with Crippen molar-refractivity contribution in [3.8, 4) is 5.75 Å². The molecular weight excluding hydrogens is 482 g/mol. The van der Waals surface area contributed by atoms with Gasteiger partial charge in [0.2, 0.25) is 5.91 Å². The summed E-state index contributed by atoms with van der Waals surface area (Å²) < 4.78 is 13.0. The van der Waals surface area contributed by atoms with Gasteiger partial charge in [-0.2, -0.15) is 0 Å². The van der Waals surface area contributed by atoms with Gasteiger partial charge in [0.1, 0.15) is 10.6 Å². The first kappa shape index (κ1) is 25.5. The van der Waals surface area contributed by atoms with E-state index in [-0.39, 0.29) is 17.1 Å². The number of hydrogen-bond acceptors (Lipinski definition) is 7. The molecule has 0 saturated heterocycles. The first-order chi connectivity index (χ1) is 16.8. The van der Waals surface area contributed by atoms with Gasteiger partial charge in [0, 0.05) is 36.6 Å². The number of hydrogen-bond donors (Lipinski definition) is 1. The van der Waals surface area contributed by atoms with Crippen molar-refractivity contribution in [1.29, 1.82) is 0 Å². The number of carbonyl (C=O) groups excluding carboxylic acids is 1. The molecule has 0 bridgehead atoms. The van der Waals surface area contributed by atoms with Gasteiger partial charge in [-0.15, -0.1) is 17.9 Å². The molecule has 1 aromatic carbocycles. The molecular formula is C26H31N3O4S2. The maximum atomic E-state index is 13.4. The molecule has 35 heavy (non-hydrogen) atoms. The molecule has 7 nitrogen and oxygen atoms in total. The zero-order chi connectivity index (χ0) is 25.0. The average molecular weight is 514 g/mol. The number of carbonyl (C=O) groups is 1. The summed E-state index contributed by atoms with van der Waals surface area (Å²) in [4.78, 5) is 32.5. The molecule has 0 fully saturated rings. The van der Waals surface area contributed by atoms with Gasteiger partial charge in [-0.25, -0.2) is 4.98 Å². The van der Waals surface area contributed by atoms with E-state index in [0.29, 0.717) is 55.4 Å². The monoisotopic (exact) mass is 513 g/mol. The second-order valence-electron chi connectivity index (χ2n) is 8.96. The second kappa shape index (κ2) is 11.0. The van der Waals surface area contributed by atoms with E-state index in [1.165, 1.54) is 23.1 Å². The molecule has 0 unspecified atom stereocenters. The zero-order valence-electron chi connectivity index (χ0n) is 20.4. The molecule has 186 valence electrons. The zero-order valence-corrected chi connectivity index (χ0v) is 22.0. The Morgan fingerprint density at radius 3 is 2.86 bits per heavy atom. The molecule has 0 aliphatic carbocycles. The topological polar surface area (TPSA) is 82.5 Å². The van der Waals surface area contributed by atoms with Crippen LogP contribution >= 0.6 is 23.1 Å². The highest BCUT2D eigenvalue weighted by Gasteiger charge is 2.31. The van der Waals surface area contributed by atoms with Gasteiger partial charge < -0.3 is 14.8 Å². The normalized spacial score (nSPS) is 14.5. The van der Waals surface area contributed by atoms with E-state index in [1.807, 2.05) is 45.0 Å². The van der Waals surface area contributed by atoms with Crippen LogP contribution in [0, 0.1) is 0 Å². The van der Waals surface area contributed by atoms with Crippen LogP contribution in [-0.4, -0.2) is 33.4 Å². The van der Waals surface area contributed by atoms with E-state index in [9.17, 15) is 9.59 Å². The number of thioether (sulfide) groups is 1. The van der Waals surface area contributed by atoms with Crippen molar-refractivity contribution in [1.82, 2.24) is 14.9 Å². The summed E-state index contributed by atoms with van der Waals surface area (Å²) in [6.07, 6.45) is 2.72. The summed E-state index contributed by atoms with van der Waals surface area (Å²) in [5.41, 5.74) is 1.72. The molecule has 2 aromatic heterocycles. The number of nitrogens with one attached hydrogen (secondary N) is 1. The summed E-state index contributed by atoms with van der Waals surface area (Å²) in [5.74, 6) is 1.29. The van der Waals surface area contributed by atoms with Crippen molar-refractivity contribution in [3.05, 3.63) is 63.3 Å². The fourth-order valence-corrected chi connectivity index (χ4v) is 6.09. The summed E-state index contributed by atoms with van der Waals surface area (Å²) >= 11 is 2.95. The summed E-state index contributed by atoms with van der Waals surface area (Å²) in [6.45, 7) is 11.8. The minimum atomic E-state index is -0.303. The number of rotatable bonds is 10. The number of aromatic nitrogens is 2. The van der Waals surface area contributed by atoms with Crippen LogP contribution in [0.25, 0.3) is 10.2 Å². The largest absolute Gasteiger partial charge is 0.494 e. The van der Waals surface area contributed by atoms with Crippen LogP contribution in [0.5, 0.6) is 5.75 Å². The lowest BCUT2D eigenvalue weighted by atomic mass is 9.94. The number of fused-ring (bicyclic) bond motifs is 3. The number of ether oxygens (including phenoxy) is 2. The SMILES string of the molecule is C=CCn1c(SCCC(=O)NCc2ccc(OCC)cc2)nc2sc3c(c2c1=O)CC(C)(C)OC3. The van der Waals surface area contributed by atoms with Gasteiger partial charge in [0.15, 0.2) is 5.16 Å². The van der Waals surface area contributed by atoms with Crippen molar-refractivity contribution >= 4 is 39.2 Å². The molecule has 4 rings (SSSR count). The van der Waals surface area contributed by atoms with Gasteiger partial charge in [-0.05, 0) is 44.0 Å². The lowest BCUT2D eigenvalue weighted by Crippen LogP contribution is -2.32. The maximum Gasteiger partial charge on any atom is 0.263 e. The molecule has 3 heterocycles. The lowest BCUT2D eigenvalue weighted by Gasteiger charge is -2.29. The van der Waals surface area contributed by atoms with Crippen LogP contribution in [0.4, 0.5) is 0 Å². The van der Waals surface area contributed by atoms with Crippen molar-refractivity contribution in [2.75, 3.05) is 12.4 Å². The van der Waals surface area contributed by atoms with E-state index in [1.54, 1.807) is 10.6 Å². The highest BCUT2D eigenvalue weighted by atomic mass is 32.2. The number of nitrogens with zero attached hydrogens (tertiary/aromatic N) is 2. The fourth-order valence-electron chi connectivity index (χ4n) is 4.00. The first-order valence-electron chi connectivity index (χ1n) is 11.7. The molecule has 1 aliphatic heterocycles. The lowest BCUT2D eigenvalue weighted by molar-refractivity contribution is -0.120. The summed E-state index contributed by atoms with van der Waals surface area (Å²) in [7, 11) is 0. The Kier molecular flexibility index (Phi) is 7.98. The third kappa shape index (κ3) is 5.97. The van der Waals surface area contributed by atoms with E-state index in [2.05, 4.69) is 11.9 Å². The Hall–Kier alpha value is -2.62. The summed E-state index contributed by atoms with van der Waals surface area (Å²) in [6, 6.07) is 7.69. The highest BCUT2D eigenvalue weighted by molar-refractivity contribution is 7.99. The minimum absolute atomic E-state index is 0.0453. The molecule has 9 heteroatoms. The average Bonchev–Trinajstić information content (AvgIpc) is 3.17. The van der Waals surface area contributed by atoms with Gasteiger partial charge in [-0.1, -0.05) is 30.0 Å². The molecule has 0 saturated carbocycles. The predicted molar refractivity (Wildman–Crippen MR) is 141 cm³/mol. The van der Waals surface area contributed by atoms with Crippen LogP contribution in [-0.2, 0) is 35.6 Å². The van der Waals surface area contributed by atoms with Gasteiger partial charge in [0.05, 0.1) is 24.2 Å². The van der Waals surface area contributed by atoms with Crippen LogP contribution in [0.3, 0.4) is 0 Å². The van der Waals surface area contributed by atoms with Gasteiger partial charge in [0.25, 0.3) is 5.56 Å². The highest BCUT2D eigenvalue weighted by Crippen LogP contribution is 2.37. The molecule has 0 atom stereocenters.